The van der Waals surface area contributed by atoms with Crippen molar-refractivity contribution in [1.82, 2.24) is 10.6 Å². The summed E-state index contributed by atoms with van der Waals surface area (Å²) in [6, 6.07) is 14.0. The molecular formula is C19H20N2O2S. The minimum Gasteiger partial charge on any atom is -0.497 e. The maximum absolute atomic E-state index is 5.50. The molecule has 0 unspecified atom stereocenters. The van der Waals surface area contributed by atoms with Crippen LogP contribution in [0.1, 0.15) is 22.7 Å². The molecule has 0 fully saturated rings. The molecule has 0 spiro atoms. The third kappa shape index (κ3) is 3.36. The number of hydrogen-bond donors (Lipinski definition) is 2. The second kappa shape index (κ2) is 6.93. The van der Waals surface area contributed by atoms with E-state index in [2.05, 4.69) is 47.9 Å². The molecule has 1 atom stereocenters. The van der Waals surface area contributed by atoms with Gasteiger partial charge in [0, 0.05) is 11.3 Å². The molecule has 24 heavy (non-hydrogen) atoms. The van der Waals surface area contributed by atoms with Crippen molar-refractivity contribution in [3.8, 4) is 11.5 Å². The topological polar surface area (TPSA) is 42.5 Å². The minimum absolute atomic E-state index is 0.0971. The highest BCUT2D eigenvalue weighted by Gasteiger charge is 2.22. The summed E-state index contributed by atoms with van der Waals surface area (Å²) >= 11 is 5.39. The van der Waals surface area contributed by atoms with Gasteiger partial charge in [0.05, 0.1) is 20.3 Å². The van der Waals surface area contributed by atoms with E-state index in [-0.39, 0.29) is 6.04 Å². The van der Waals surface area contributed by atoms with Gasteiger partial charge in [-0.25, -0.2) is 0 Å². The Morgan fingerprint density at radius 3 is 2.42 bits per heavy atom. The van der Waals surface area contributed by atoms with Crippen molar-refractivity contribution in [3.05, 3.63) is 65.2 Å². The molecule has 2 aromatic carbocycles. The van der Waals surface area contributed by atoms with Gasteiger partial charge in [-0.15, -0.1) is 0 Å². The van der Waals surface area contributed by atoms with Crippen LogP contribution in [-0.2, 0) is 0 Å². The van der Waals surface area contributed by atoms with Gasteiger partial charge in [0.1, 0.15) is 11.5 Å². The molecule has 1 aliphatic rings. The van der Waals surface area contributed by atoms with Crippen LogP contribution in [0.25, 0.3) is 5.70 Å². The van der Waals surface area contributed by atoms with Crippen LogP contribution in [0.3, 0.4) is 0 Å². The van der Waals surface area contributed by atoms with E-state index in [4.69, 9.17) is 21.7 Å². The molecule has 1 heterocycles. The van der Waals surface area contributed by atoms with Crippen molar-refractivity contribution < 1.29 is 9.47 Å². The van der Waals surface area contributed by atoms with Crippen molar-refractivity contribution >= 4 is 23.0 Å². The molecular weight excluding hydrogens is 320 g/mol. The monoisotopic (exact) mass is 340 g/mol. The van der Waals surface area contributed by atoms with Gasteiger partial charge in [-0.2, -0.15) is 0 Å². The average molecular weight is 340 g/mol. The minimum atomic E-state index is -0.0971. The summed E-state index contributed by atoms with van der Waals surface area (Å²) in [5.41, 5.74) is 4.28. The number of rotatable bonds is 4. The quantitative estimate of drug-likeness (QED) is 0.833. The number of methoxy groups -OCH3 is 2. The lowest BCUT2D eigenvalue weighted by Crippen LogP contribution is -2.40. The summed E-state index contributed by atoms with van der Waals surface area (Å²) in [6.45, 7) is 2.07. The van der Waals surface area contributed by atoms with Crippen molar-refractivity contribution in [2.45, 2.75) is 13.0 Å². The molecule has 0 amide bonds. The summed E-state index contributed by atoms with van der Waals surface area (Å²) in [4.78, 5) is 0. The number of benzene rings is 2. The lowest BCUT2D eigenvalue weighted by atomic mass is 10.00. The van der Waals surface area contributed by atoms with Crippen LogP contribution in [0.15, 0.2) is 48.5 Å². The molecule has 0 aliphatic carbocycles. The van der Waals surface area contributed by atoms with E-state index in [1.54, 1.807) is 14.2 Å². The van der Waals surface area contributed by atoms with Gasteiger partial charge in [0.2, 0.25) is 0 Å². The Kier molecular flexibility index (Phi) is 4.71. The zero-order valence-electron chi connectivity index (χ0n) is 13.9. The fourth-order valence-electron chi connectivity index (χ4n) is 2.70. The number of hydrogen-bond acceptors (Lipinski definition) is 3. The lowest BCUT2D eigenvalue weighted by molar-refractivity contribution is 0.396. The third-order valence-corrected chi connectivity index (χ3v) is 4.22. The Labute approximate surface area is 147 Å². The summed E-state index contributed by atoms with van der Waals surface area (Å²) in [6.07, 6.45) is 2.11. The van der Waals surface area contributed by atoms with E-state index >= 15 is 0 Å². The van der Waals surface area contributed by atoms with E-state index in [9.17, 15) is 0 Å². The fraction of sp³-hybridized carbons (Fsp3) is 0.211. The van der Waals surface area contributed by atoms with Crippen LogP contribution >= 0.6 is 12.2 Å². The SMILES string of the molecule is COc1ccc(OC)c([C@@H]2C=C(c3ccc(C)cc3)NC(=S)N2)c1. The van der Waals surface area contributed by atoms with E-state index < -0.39 is 0 Å². The van der Waals surface area contributed by atoms with Crippen molar-refractivity contribution in [2.24, 2.45) is 0 Å². The van der Waals surface area contributed by atoms with Crippen LogP contribution in [0.2, 0.25) is 0 Å². The average Bonchev–Trinajstić information content (AvgIpc) is 2.61. The third-order valence-electron chi connectivity index (χ3n) is 4.00. The Morgan fingerprint density at radius 1 is 1.00 bits per heavy atom. The number of nitrogens with one attached hydrogen (secondary N) is 2. The Morgan fingerprint density at radius 2 is 1.75 bits per heavy atom. The molecule has 4 nitrogen and oxygen atoms in total. The number of ether oxygens (including phenoxy) is 2. The maximum Gasteiger partial charge on any atom is 0.171 e. The first-order chi connectivity index (χ1) is 11.6. The maximum atomic E-state index is 5.50. The Balaban J connectivity index is 2.02. The predicted octanol–water partition coefficient (Wildman–Crippen LogP) is 3.57. The summed E-state index contributed by atoms with van der Waals surface area (Å²) in [7, 11) is 3.31. The summed E-state index contributed by atoms with van der Waals surface area (Å²) < 4.78 is 10.8. The highest BCUT2D eigenvalue weighted by Crippen LogP contribution is 2.32. The number of thiocarbonyl (C=S) groups is 1. The van der Waals surface area contributed by atoms with Gasteiger partial charge in [-0.1, -0.05) is 29.8 Å². The molecule has 1 aliphatic heterocycles. The second-order valence-electron chi connectivity index (χ2n) is 5.63. The Bertz CT molecular complexity index is 784. The lowest BCUT2D eigenvalue weighted by Gasteiger charge is -2.27. The molecule has 124 valence electrons. The first kappa shape index (κ1) is 16.3. The summed E-state index contributed by atoms with van der Waals surface area (Å²) in [5.74, 6) is 1.57. The highest BCUT2D eigenvalue weighted by molar-refractivity contribution is 7.80. The van der Waals surface area contributed by atoms with Crippen molar-refractivity contribution in [3.63, 3.8) is 0 Å². The number of aryl methyl sites for hydroxylation is 1. The highest BCUT2D eigenvalue weighted by atomic mass is 32.1. The van der Waals surface area contributed by atoms with Gasteiger partial charge >= 0.3 is 0 Å². The largest absolute Gasteiger partial charge is 0.497 e. The zero-order chi connectivity index (χ0) is 17.1. The van der Waals surface area contributed by atoms with Crippen LogP contribution in [-0.4, -0.2) is 19.3 Å². The predicted molar refractivity (Wildman–Crippen MR) is 100 cm³/mol. The Hall–Kier alpha value is -2.53. The molecule has 0 saturated heterocycles. The smallest absolute Gasteiger partial charge is 0.171 e. The first-order valence-corrected chi connectivity index (χ1v) is 8.10. The van der Waals surface area contributed by atoms with Crippen LogP contribution in [0, 0.1) is 6.92 Å². The van der Waals surface area contributed by atoms with Crippen molar-refractivity contribution in [2.75, 3.05) is 14.2 Å². The molecule has 5 heteroatoms. The zero-order valence-corrected chi connectivity index (χ0v) is 14.7. The van der Waals surface area contributed by atoms with Crippen molar-refractivity contribution in [1.29, 1.82) is 0 Å². The van der Waals surface area contributed by atoms with Gasteiger partial charge in [0.25, 0.3) is 0 Å². The molecule has 0 aromatic heterocycles. The molecule has 2 aromatic rings. The first-order valence-electron chi connectivity index (χ1n) is 7.69. The molecule has 3 rings (SSSR count). The standard InChI is InChI=1S/C19H20N2O2S/c1-12-4-6-13(7-5-12)16-11-17(21-19(24)20-16)15-10-14(22-2)8-9-18(15)23-3/h4-11,17H,1-3H3,(H2,20,21,24)/t17-/m0/s1. The second-order valence-corrected chi connectivity index (χ2v) is 6.04. The van der Waals surface area contributed by atoms with E-state index in [1.807, 2.05) is 18.2 Å². The van der Waals surface area contributed by atoms with Gasteiger partial charge in [-0.3, -0.25) is 0 Å². The van der Waals surface area contributed by atoms with Crippen LogP contribution < -0.4 is 20.1 Å². The van der Waals surface area contributed by atoms with Gasteiger partial charge < -0.3 is 20.1 Å². The molecule has 2 N–H and O–H groups in total. The summed E-state index contributed by atoms with van der Waals surface area (Å²) in [5, 5.41) is 7.09. The van der Waals surface area contributed by atoms with Crippen LogP contribution in [0.4, 0.5) is 0 Å². The van der Waals surface area contributed by atoms with Crippen LogP contribution in [0.5, 0.6) is 11.5 Å². The fourth-order valence-corrected chi connectivity index (χ4v) is 2.94. The van der Waals surface area contributed by atoms with E-state index in [0.717, 1.165) is 28.3 Å². The molecule has 0 saturated carbocycles. The molecule has 0 radical (unpaired) electrons. The van der Waals surface area contributed by atoms with E-state index in [1.165, 1.54) is 5.56 Å². The van der Waals surface area contributed by atoms with Gasteiger partial charge in [-0.05, 0) is 49.0 Å². The molecule has 0 bridgehead atoms. The van der Waals surface area contributed by atoms with E-state index in [0.29, 0.717) is 5.11 Å². The normalized spacial score (nSPS) is 16.7. The van der Waals surface area contributed by atoms with Gasteiger partial charge in [0.15, 0.2) is 5.11 Å².